The van der Waals surface area contributed by atoms with E-state index in [1.165, 1.54) is 24.8 Å². The number of carbonyl (C=O) groups excluding carboxylic acids is 1. The summed E-state index contributed by atoms with van der Waals surface area (Å²) in [4.78, 5) is 11.9. The van der Waals surface area contributed by atoms with E-state index in [9.17, 15) is 4.79 Å². The molecule has 2 rings (SSSR count). The summed E-state index contributed by atoms with van der Waals surface area (Å²) >= 11 is 3.43. The molecule has 1 aromatic rings. The molecule has 110 valence electrons. The minimum absolute atomic E-state index is 0.112. The maximum absolute atomic E-state index is 11.9. The van der Waals surface area contributed by atoms with Gasteiger partial charge in [-0.1, -0.05) is 47.3 Å². The maximum Gasteiger partial charge on any atom is 0.234 e. The van der Waals surface area contributed by atoms with Crippen molar-refractivity contribution in [1.29, 1.82) is 0 Å². The Kier molecular flexibility index (Phi) is 6.05. The minimum Gasteiger partial charge on any atom is -0.352 e. The molecular formula is C16H23BrN2O. The topological polar surface area (TPSA) is 41.1 Å². The molecule has 0 spiro atoms. The van der Waals surface area contributed by atoms with Crippen LogP contribution in [0.3, 0.4) is 0 Å². The normalized spacial score (nSPS) is 17.7. The predicted octanol–water partition coefficient (Wildman–Crippen LogP) is 3.55. The Bertz CT molecular complexity index is 427. The second-order valence-electron chi connectivity index (χ2n) is 5.56. The van der Waals surface area contributed by atoms with Gasteiger partial charge in [-0.2, -0.15) is 0 Å². The number of carbonyl (C=O) groups is 1. The Morgan fingerprint density at radius 1 is 1.25 bits per heavy atom. The van der Waals surface area contributed by atoms with Crippen LogP contribution in [0.4, 0.5) is 0 Å². The molecule has 0 bridgehead atoms. The SMILES string of the molecule is CC(NCC(=O)NC1CCCCC1)c1ccc(Br)cc1. The smallest absolute Gasteiger partial charge is 0.234 e. The molecule has 1 saturated carbocycles. The van der Waals surface area contributed by atoms with Crippen molar-refractivity contribution in [3.8, 4) is 0 Å². The molecule has 0 heterocycles. The van der Waals surface area contributed by atoms with Gasteiger partial charge in [0.15, 0.2) is 0 Å². The zero-order chi connectivity index (χ0) is 14.4. The van der Waals surface area contributed by atoms with Crippen LogP contribution in [-0.4, -0.2) is 18.5 Å². The van der Waals surface area contributed by atoms with Gasteiger partial charge in [-0.3, -0.25) is 4.79 Å². The summed E-state index contributed by atoms with van der Waals surface area (Å²) in [7, 11) is 0. The van der Waals surface area contributed by atoms with Crippen LogP contribution in [0.25, 0.3) is 0 Å². The molecule has 0 radical (unpaired) electrons. The van der Waals surface area contributed by atoms with Crippen LogP contribution in [0.1, 0.15) is 50.6 Å². The average Bonchev–Trinajstić information content (AvgIpc) is 2.46. The molecule has 20 heavy (non-hydrogen) atoms. The molecule has 4 heteroatoms. The minimum atomic E-state index is 0.112. The molecule has 2 N–H and O–H groups in total. The third kappa shape index (κ3) is 4.91. The lowest BCUT2D eigenvalue weighted by Gasteiger charge is -2.23. The third-order valence-corrected chi connectivity index (χ3v) is 4.44. The first kappa shape index (κ1) is 15.5. The number of amides is 1. The van der Waals surface area contributed by atoms with Crippen LogP contribution in [0, 0.1) is 0 Å². The van der Waals surface area contributed by atoms with Gasteiger partial charge in [0, 0.05) is 16.6 Å². The molecule has 0 aromatic heterocycles. The van der Waals surface area contributed by atoms with Gasteiger partial charge < -0.3 is 10.6 Å². The highest BCUT2D eigenvalue weighted by Crippen LogP contribution is 2.18. The predicted molar refractivity (Wildman–Crippen MR) is 85.6 cm³/mol. The summed E-state index contributed by atoms with van der Waals surface area (Å²) in [5.74, 6) is 0.112. The van der Waals surface area contributed by atoms with E-state index in [1.807, 2.05) is 12.1 Å². The molecular weight excluding hydrogens is 316 g/mol. The van der Waals surface area contributed by atoms with E-state index in [2.05, 4.69) is 45.6 Å². The number of benzene rings is 1. The molecule has 1 fully saturated rings. The molecule has 1 aliphatic rings. The first-order chi connectivity index (χ1) is 9.65. The quantitative estimate of drug-likeness (QED) is 0.861. The highest BCUT2D eigenvalue weighted by molar-refractivity contribution is 9.10. The Morgan fingerprint density at radius 2 is 1.90 bits per heavy atom. The molecule has 0 aliphatic heterocycles. The first-order valence-electron chi connectivity index (χ1n) is 7.43. The van der Waals surface area contributed by atoms with Gasteiger partial charge in [0.25, 0.3) is 0 Å². The van der Waals surface area contributed by atoms with Crippen molar-refractivity contribution in [2.24, 2.45) is 0 Å². The van der Waals surface area contributed by atoms with Crippen LogP contribution >= 0.6 is 15.9 Å². The standard InChI is InChI=1S/C16H23BrN2O/c1-12(13-7-9-14(17)10-8-13)18-11-16(20)19-15-5-3-2-4-6-15/h7-10,12,15,18H,2-6,11H2,1H3,(H,19,20). The summed E-state index contributed by atoms with van der Waals surface area (Å²) in [5.41, 5.74) is 1.19. The fourth-order valence-electron chi connectivity index (χ4n) is 2.64. The largest absolute Gasteiger partial charge is 0.352 e. The average molecular weight is 339 g/mol. The van der Waals surface area contributed by atoms with E-state index >= 15 is 0 Å². The highest BCUT2D eigenvalue weighted by atomic mass is 79.9. The van der Waals surface area contributed by atoms with E-state index in [-0.39, 0.29) is 11.9 Å². The molecule has 1 aromatic carbocycles. The zero-order valence-electron chi connectivity index (χ0n) is 12.0. The second kappa shape index (κ2) is 7.79. The number of nitrogens with one attached hydrogen (secondary N) is 2. The number of rotatable bonds is 5. The van der Waals surface area contributed by atoms with Crippen LogP contribution in [0.2, 0.25) is 0 Å². The van der Waals surface area contributed by atoms with Crippen molar-refractivity contribution in [2.75, 3.05) is 6.54 Å². The van der Waals surface area contributed by atoms with Gasteiger partial charge >= 0.3 is 0 Å². The van der Waals surface area contributed by atoms with Crippen molar-refractivity contribution in [3.05, 3.63) is 34.3 Å². The van der Waals surface area contributed by atoms with E-state index in [0.29, 0.717) is 12.6 Å². The fourth-order valence-corrected chi connectivity index (χ4v) is 2.91. The molecule has 1 unspecified atom stereocenters. The van der Waals surface area contributed by atoms with E-state index in [0.717, 1.165) is 17.3 Å². The zero-order valence-corrected chi connectivity index (χ0v) is 13.6. The number of halogens is 1. The van der Waals surface area contributed by atoms with Crippen LogP contribution < -0.4 is 10.6 Å². The highest BCUT2D eigenvalue weighted by Gasteiger charge is 2.16. The molecule has 3 nitrogen and oxygen atoms in total. The lowest BCUT2D eigenvalue weighted by atomic mass is 9.95. The molecule has 1 aliphatic carbocycles. The Morgan fingerprint density at radius 3 is 2.55 bits per heavy atom. The van der Waals surface area contributed by atoms with Gasteiger partial charge in [0.1, 0.15) is 0 Å². The van der Waals surface area contributed by atoms with Crippen molar-refractivity contribution >= 4 is 21.8 Å². The summed E-state index contributed by atoms with van der Waals surface area (Å²) in [6, 6.07) is 8.76. The number of hydrogen-bond donors (Lipinski definition) is 2. The maximum atomic E-state index is 11.9. The second-order valence-corrected chi connectivity index (χ2v) is 6.47. The lowest BCUT2D eigenvalue weighted by molar-refractivity contribution is -0.121. The van der Waals surface area contributed by atoms with Gasteiger partial charge in [-0.05, 0) is 37.5 Å². The Labute approximate surface area is 129 Å². The summed E-state index contributed by atoms with van der Waals surface area (Å²) < 4.78 is 1.07. The third-order valence-electron chi connectivity index (χ3n) is 3.91. The first-order valence-corrected chi connectivity index (χ1v) is 8.22. The van der Waals surface area contributed by atoms with Gasteiger partial charge in [-0.25, -0.2) is 0 Å². The van der Waals surface area contributed by atoms with Crippen LogP contribution in [0.5, 0.6) is 0 Å². The summed E-state index contributed by atoms with van der Waals surface area (Å²) in [5, 5.41) is 6.41. The van der Waals surface area contributed by atoms with Gasteiger partial charge in [0.05, 0.1) is 6.54 Å². The van der Waals surface area contributed by atoms with Crippen molar-refractivity contribution in [1.82, 2.24) is 10.6 Å². The van der Waals surface area contributed by atoms with E-state index < -0.39 is 0 Å². The Balaban J connectivity index is 1.73. The van der Waals surface area contributed by atoms with Gasteiger partial charge in [-0.15, -0.1) is 0 Å². The summed E-state index contributed by atoms with van der Waals surface area (Å²) in [6.07, 6.45) is 6.06. The lowest BCUT2D eigenvalue weighted by Crippen LogP contribution is -2.41. The van der Waals surface area contributed by atoms with Crippen molar-refractivity contribution < 1.29 is 4.79 Å². The molecule has 1 atom stereocenters. The van der Waals surface area contributed by atoms with E-state index in [1.54, 1.807) is 0 Å². The van der Waals surface area contributed by atoms with Crippen LogP contribution in [-0.2, 0) is 4.79 Å². The van der Waals surface area contributed by atoms with Crippen LogP contribution in [0.15, 0.2) is 28.7 Å². The summed E-state index contributed by atoms with van der Waals surface area (Å²) in [6.45, 7) is 2.46. The number of hydrogen-bond acceptors (Lipinski definition) is 2. The molecule has 1 amide bonds. The fraction of sp³-hybridized carbons (Fsp3) is 0.562. The van der Waals surface area contributed by atoms with Gasteiger partial charge in [0.2, 0.25) is 5.91 Å². The van der Waals surface area contributed by atoms with Crippen molar-refractivity contribution in [2.45, 2.75) is 51.1 Å². The monoisotopic (exact) mass is 338 g/mol. The molecule has 0 saturated heterocycles. The van der Waals surface area contributed by atoms with Crippen molar-refractivity contribution in [3.63, 3.8) is 0 Å². The Hall–Kier alpha value is -0.870. The van der Waals surface area contributed by atoms with E-state index in [4.69, 9.17) is 0 Å².